The van der Waals surface area contributed by atoms with Gasteiger partial charge in [0.25, 0.3) is 5.91 Å². The van der Waals surface area contributed by atoms with Crippen LogP contribution in [0.3, 0.4) is 0 Å². The second kappa shape index (κ2) is 11.2. The molecule has 3 aromatic rings. The maximum atomic E-state index is 12.2. The first-order valence-electron chi connectivity index (χ1n) is 10.0. The molecule has 0 aliphatic carbocycles. The number of rotatable bonds is 8. The van der Waals surface area contributed by atoms with Crippen LogP contribution in [0, 0.1) is 0 Å². The Balaban J connectivity index is 1.45. The van der Waals surface area contributed by atoms with Gasteiger partial charge in [-0.1, -0.05) is 38.1 Å². The van der Waals surface area contributed by atoms with Crippen molar-refractivity contribution in [1.29, 1.82) is 0 Å². The molecule has 0 aliphatic rings. The zero-order valence-corrected chi connectivity index (χ0v) is 19.3. The van der Waals surface area contributed by atoms with Gasteiger partial charge in [-0.2, -0.15) is 5.10 Å². The summed E-state index contributed by atoms with van der Waals surface area (Å²) >= 11 is 3.33. The van der Waals surface area contributed by atoms with Crippen LogP contribution in [0.25, 0.3) is 0 Å². The number of esters is 1. The van der Waals surface area contributed by atoms with Gasteiger partial charge in [-0.15, -0.1) is 0 Å². The van der Waals surface area contributed by atoms with Crippen molar-refractivity contribution in [3.63, 3.8) is 0 Å². The predicted octanol–water partition coefficient (Wildman–Crippen LogP) is 5.32. The van der Waals surface area contributed by atoms with Crippen molar-refractivity contribution >= 4 is 34.0 Å². The Hall–Kier alpha value is -3.45. The number of carbonyl (C=O) groups is 2. The third-order valence-corrected chi connectivity index (χ3v) is 5.20. The van der Waals surface area contributed by atoms with Crippen LogP contribution in [-0.4, -0.2) is 24.7 Å². The van der Waals surface area contributed by atoms with Gasteiger partial charge in [-0.3, -0.25) is 4.79 Å². The van der Waals surface area contributed by atoms with E-state index in [9.17, 15) is 9.59 Å². The van der Waals surface area contributed by atoms with Gasteiger partial charge in [0.05, 0.1) is 11.8 Å². The molecule has 0 unspecified atom stereocenters. The first-order valence-corrected chi connectivity index (χ1v) is 10.8. The Morgan fingerprint density at radius 3 is 2.28 bits per heavy atom. The summed E-state index contributed by atoms with van der Waals surface area (Å²) in [6, 6.07) is 21.5. The molecule has 1 N–H and O–H groups in total. The first kappa shape index (κ1) is 23.2. The molecule has 32 heavy (non-hydrogen) atoms. The third kappa shape index (κ3) is 6.78. The number of ether oxygens (including phenoxy) is 2. The van der Waals surface area contributed by atoms with Crippen LogP contribution < -0.4 is 14.9 Å². The van der Waals surface area contributed by atoms with Crippen molar-refractivity contribution in [2.24, 2.45) is 5.10 Å². The molecule has 0 atom stereocenters. The number of carbonyl (C=O) groups excluding carboxylic acids is 2. The number of nitrogens with zero attached hydrogens (tertiary/aromatic N) is 1. The smallest absolute Gasteiger partial charge is 0.344 e. The number of hydrazone groups is 1. The van der Waals surface area contributed by atoms with Gasteiger partial charge in [0.2, 0.25) is 0 Å². The fourth-order valence-electron chi connectivity index (χ4n) is 2.72. The van der Waals surface area contributed by atoms with E-state index in [1.54, 1.807) is 42.5 Å². The number of hydrogen-bond acceptors (Lipinski definition) is 5. The summed E-state index contributed by atoms with van der Waals surface area (Å²) < 4.78 is 11.5. The Morgan fingerprint density at radius 2 is 1.62 bits per heavy atom. The van der Waals surface area contributed by atoms with Crippen LogP contribution in [0.1, 0.15) is 41.3 Å². The second-order valence-corrected chi connectivity index (χ2v) is 8.10. The van der Waals surface area contributed by atoms with Crippen LogP contribution in [0.4, 0.5) is 0 Å². The fourth-order valence-corrected chi connectivity index (χ4v) is 3.17. The highest BCUT2D eigenvalue weighted by Gasteiger charge is 2.11. The molecule has 0 aromatic heterocycles. The van der Waals surface area contributed by atoms with Gasteiger partial charge in [0, 0.05) is 4.47 Å². The molecule has 0 spiro atoms. The van der Waals surface area contributed by atoms with E-state index >= 15 is 0 Å². The summed E-state index contributed by atoms with van der Waals surface area (Å²) in [7, 11) is 0. The lowest BCUT2D eigenvalue weighted by Gasteiger charge is -2.08. The minimum atomic E-state index is -0.454. The molecule has 0 radical (unpaired) electrons. The van der Waals surface area contributed by atoms with Crippen molar-refractivity contribution in [2.45, 2.75) is 19.8 Å². The van der Waals surface area contributed by atoms with Crippen LogP contribution >= 0.6 is 15.9 Å². The summed E-state index contributed by atoms with van der Waals surface area (Å²) in [6.07, 6.45) is 1.49. The van der Waals surface area contributed by atoms with E-state index in [2.05, 4.69) is 40.3 Å². The molecule has 3 rings (SSSR count). The molecule has 0 aliphatic heterocycles. The number of halogens is 1. The molecule has 0 bridgehead atoms. The van der Waals surface area contributed by atoms with Crippen LogP contribution in [0.2, 0.25) is 0 Å². The summed E-state index contributed by atoms with van der Waals surface area (Å²) in [5, 5.41) is 3.92. The standard InChI is InChI=1S/C25H23BrN2O4/c1-17(2)19-9-13-20(14-10-19)31-16-24(29)28-27-15-18-7-11-21(12-8-18)32-25(30)22-5-3-4-6-23(22)26/h3-15,17H,16H2,1-2H3,(H,28,29). The Labute approximate surface area is 195 Å². The highest BCUT2D eigenvalue weighted by atomic mass is 79.9. The fraction of sp³-hybridized carbons (Fsp3) is 0.160. The van der Waals surface area contributed by atoms with Gasteiger partial charge in [-0.05, 0) is 81.5 Å². The normalized spacial score (nSPS) is 10.9. The highest BCUT2D eigenvalue weighted by Crippen LogP contribution is 2.20. The average molecular weight is 495 g/mol. The Morgan fingerprint density at radius 1 is 0.969 bits per heavy atom. The van der Waals surface area contributed by atoms with Crippen LogP contribution in [0.5, 0.6) is 11.5 Å². The van der Waals surface area contributed by atoms with Crippen molar-refractivity contribution in [3.8, 4) is 11.5 Å². The molecule has 0 heterocycles. The van der Waals surface area contributed by atoms with E-state index in [0.29, 0.717) is 27.5 Å². The van der Waals surface area contributed by atoms with Crippen molar-refractivity contribution in [2.75, 3.05) is 6.61 Å². The zero-order valence-electron chi connectivity index (χ0n) is 17.7. The van der Waals surface area contributed by atoms with Crippen molar-refractivity contribution < 1.29 is 19.1 Å². The van der Waals surface area contributed by atoms with E-state index in [1.807, 2.05) is 30.3 Å². The number of amides is 1. The molecule has 0 saturated carbocycles. The van der Waals surface area contributed by atoms with E-state index in [-0.39, 0.29) is 12.5 Å². The minimum absolute atomic E-state index is 0.137. The number of benzene rings is 3. The van der Waals surface area contributed by atoms with Crippen LogP contribution in [0.15, 0.2) is 82.4 Å². The summed E-state index contributed by atoms with van der Waals surface area (Å²) in [6.45, 7) is 4.10. The first-order chi connectivity index (χ1) is 15.4. The lowest BCUT2D eigenvalue weighted by molar-refractivity contribution is -0.123. The van der Waals surface area contributed by atoms with Crippen molar-refractivity contribution in [3.05, 3.63) is 94.0 Å². The summed E-state index contributed by atoms with van der Waals surface area (Å²) in [4.78, 5) is 24.1. The van der Waals surface area contributed by atoms with E-state index in [4.69, 9.17) is 9.47 Å². The maximum absolute atomic E-state index is 12.2. The monoisotopic (exact) mass is 494 g/mol. The summed E-state index contributed by atoms with van der Waals surface area (Å²) in [5.41, 5.74) is 4.80. The van der Waals surface area contributed by atoms with E-state index < -0.39 is 5.97 Å². The predicted molar refractivity (Wildman–Crippen MR) is 127 cm³/mol. The second-order valence-electron chi connectivity index (χ2n) is 7.24. The van der Waals surface area contributed by atoms with Gasteiger partial charge < -0.3 is 9.47 Å². The lowest BCUT2D eigenvalue weighted by atomic mass is 10.0. The molecule has 7 heteroatoms. The molecular weight excluding hydrogens is 472 g/mol. The van der Waals surface area contributed by atoms with Crippen molar-refractivity contribution in [1.82, 2.24) is 5.43 Å². The number of nitrogens with one attached hydrogen (secondary N) is 1. The average Bonchev–Trinajstić information content (AvgIpc) is 2.79. The van der Waals surface area contributed by atoms with Gasteiger partial charge in [-0.25, -0.2) is 10.2 Å². The third-order valence-electron chi connectivity index (χ3n) is 4.50. The van der Waals surface area contributed by atoms with E-state index in [0.717, 1.165) is 5.56 Å². The SMILES string of the molecule is CC(C)c1ccc(OCC(=O)NN=Cc2ccc(OC(=O)c3ccccc3Br)cc2)cc1. The molecule has 6 nitrogen and oxygen atoms in total. The zero-order chi connectivity index (χ0) is 22.9. The molecule has 164 valence electrons. The largest absolute Gasteiger partial charge is 0.484 e. The Bertz CT molecular complexity index is 1090. The molecule has 0 saturated heterocycles. The lowest BCUT2D eigenvalue weighted by Crippen LogP contribution is -2.24. The molecule has 3 aromatic carbocycles. The topological polar surface area (TPSA) is 77.0 Å². The highest BCUT2D eigenvalue weighted by molar-refractivity contribution is 9.10. The Kier molecular flexibility index (Phi) is 8.16. The van der Waals surface area contributed by atoms with Gasteiger partial charge >= 0.3 is 5.97 Å². The maximum Gasteiger partial charge on any atom is 0.344 e. The van der Waals surface area contributed by atoms with Gasteiger partial charge in [0.1, 0.15) is 11.5 Å². The van der Waals surface area contributed by atoms with Crippen LogP contribution in [-0.2, 0) is 4.79 Å². The quantitative estimate of drug-likeness (QED) is 0.199. The van der Waals surface area contributed by atoms with E-state index in [1.165, 1.54) is 11.8 Å². The molecule has 0 fully saturated rings. The van der Waals surface area contributed by atoms with Gasteiger partial charge in [0.15, 0.2) is 6.61 Å². The summed E-state index contributed by atoms with van der Waals surface area (Å²) in [5.74, 6) is 0.650. The molecule has 1 amide bonds. The molecular formula is C25H23BrN2O4. The number of hydrogen-bond donors (Lipinski definition) is 1. The minimum Gasteiger partial charge on any atom is -0.484 e.